The smallest absolute Gasteiger partial charge is 0.328 e. The number of hydrogen-bond acceptors (Lipinski definition) is 5. The summed E-state index contributed by atoms with van der Waals surface area (Å²) in [5, 5.41) is 15.1. The summed E-state index contributed by atoms with van der Waals surface area (Å²) in [7, 11) is 0. The second-order valence-corrected chi connectivity index (χ2v) is 8.31. The van der Waals surface area contributed by atoms with E-state index in [1.54, 1.807) is 6.92 Å². The number of amides is 1. The van der Waals surface area contributed by atoms with Gasteiger partial charge in [-0.1, -0.05) is 0 Å². The number of carboxylic acid groups (broad SMARTS) is 1. The molecule has 1 fully saturated rings. The van der Waals surface area contributed by atoms with Crippen LogP contribution in [-0.4, -0.2) is 59.0 Å². The van der Waals surface area contributed by atoms with E-state index < -0.39 is 29.8 Å². The average molecular weight is 344 g/mol. The molecular weight excluding hydrogens is 312 g/mol. The molecule has 1 heterocycles. The first-order valence-electron chi connectivity index (χ1n) is 8.41. The molecule has 0 aromatic heterocycles. The van der Waals surface area contributed by atoms with E-state index >= 15 is 0 Å². The lowest BCUT2D eigenvalue weighted by atomic mass is 10.1. The van der Waals surface area contributed by atoms with Crippen molar-refractivity contribution in [1.82, 2.24) is 10.6 Å². The molecular formula is C17H32N2O5. The third kappa shape index (κ3) is 7.15. The molecule has 0 unspecified atom stereocenters. The fourth-order valence-corrected chi connectivity index (χ4v) is 2.75. The lowest BCUT2D eigenvalue weighted by Gasteiger charge is -2.29. The molecule has 1 saturated heterocycles. The van der Waals surface area contributed by atoms with Crippen LogP contribution >= 0.6 is 0 Å². The Bertz CT molecular complexity index is 453. The summed E-state index contributed by atoms with van der Waals surface area (Å²) in [5.74, 6) is -1.45. The van der Waals surface area contributed by atoms with Crippen LogP contribution in [0.5, 0.6) is 0 Å². The van der Waals surface area contributed by atoms with Gasteiger partial charge in [0.25, 0.3) is 0 Å². The van der Waals surface area contributed by atoms with Crippen LogP contribution in [0.2, 0.25) is 0 Å². The van der Waals surface area contributed by atoms with E-state index in [1.165, 1.54) is 0 Å². The standard InChI is InChI=1S/C17H32N2O5/c1-10(23-16(2,3)4)13(15(21)22)19-14(20)12-8-11(9-18-12)24-17(5,6)7/h10-13,18H,8-9H2,1-7H3,(H,19,20)(H,21,22)/t10-,11+,12-,13-/m0/s1. The summed E-state index contributed by atoms with van der Waals surface area (Å²) >= 11 is 0. The van der Waals surface area contributed by atoms with Gasteiger partial charge in [-0.25, -0.2) is 4.79 Å². The Labute approximate surface area is 144 Å². The zero-order chi connectivity index (χ0) is 18.7. The molecule has 0 aromatic rings. The maximum absolute atomic E-state index is 12.4. The summed E-state index contributed by atoms with van der Waals surface area (Å²) in [5.41, 5.74) is -0.772. The van der Waals surface area contributed by atoms with Crippen molar-refractivity contribution in [3.8, 4) is 0 Å². The Hall–Kier alpha value is -1.18. The number of carboxylic acids is 1. The minimum atomic E-state index is -1.11. The normalized spacial score (nSPS) is 24.5. The van der Waals surface area contributed by atoms with Crippen LogP contribution < -0.4 is 10.6 Å². The third-order valence-electron chi connectivity index (χ3n) is 3.50. The van der Waals surface area contributed by atoms with E-state index in [1.807, 2.05) is 41.5 Å². The first-order valence-corrected chi connectivity index (χ1v) is 8.41. The lowest BCUT2D eigenvalue weighted by Crippen LogP contribution is -2.54. The highest BCUT2D eigenvalue weighted by Crippen LogP contribution is 2.19. The molecule has 4 atom stereocenters. The van der Waals surface area contributed by atoms with Crippen molar-refractivity contribution < 1.29 is 24.2 Å². The predicted octanol–water partition coefficient (Wildman–Crippen LogP) is 1.31. The largest absolute Gasteiger partial charge is 0.480 e. The zero-order valence-corrected chi connectivity index (χ0v) is 15.8. The molecule has 0 bridgehead atoms. The monoisotopic (exact) mass is 344 g/mol. The van der Waals surface area contributed by atoms with Crippen LogP contribution in [0.15, 0.2) is 0 Å². The fourth-order valence-electron chi connectivity index (χ4n) is 2.75. The van der Waals surface area contributed by atoms with Gasteiger partial charge in [0.05, 0.1) is 29.5 Å². The van der Waals surface area contributed by atoms with Gasteiger partial charge in [-0.15, -0.1) is 0 Å². The van der Waals surface area contributed by atoms with Crippen molar-refractivity contribution in [3.63, 3.8) is 0 Å². The number of hydrogen-bond donors (Lipinski definition) is 3. The Morgan fingerprint density at radius 1 is 1.17 bits per heavy atom. The second kappa shape index (κ2) is 7.80. The number of carbonyl (C=O) groups is 2. The van der Waals surface area contributed by atoms with Crippen molar-refractivity contribution in [2.24, 2.45) is 0 Å². The summed E-state index contributed by atoms with van der Waals surface area (Å²) < 4.78 is 11.5. The highest BCUT2D eigenvalue weighted by atomic mass is 16.5. The Morgan fingerprint density at radius 2 is 1.75 bits per heavy atom. The highest BCUT2D eigenvalue weighted by Gasteiger charge is 2.36. The molecule has 0 radical (unpaired) electrons. The SMILES string of the molecule is C[C@H](OC(C)(C)C)[C@H](NC(=O)[C@@H]1C[C@@H](OC(C)(C)C)CN1)C(=O)O. The van der Waals surface area contributed by atoms with Gasteiger partial charge in [0.15, 0.2) is 6.04 Å². The van der Waals surface area contributed by atoms with Crippen LogP contribution in [0.4, 0.5) is 0 Å². The minimum Gasteiger partial charge on any atom is -0.480 e. The van der Waals surface area contributed by atoms with Crippen molar-refractivity contribution in [2.45, 2.75) is 90.4 Å². The Kier molecular flexibility index (Phi) is 6.78. The average Bonchev–Trinajstić information content (AvgIpc) is 2.78. The number of rotatable bonds is 6. The molecule has 0 spiro atoms. The summed E-state index contributed by atoms with van der Waals surface area (Å²) in [6.07, 6.45) is -0.189. The molecule has 0 aliphatic carbocycles. The van der Waals surface area contributed by atoms with Crippen LogP contribution in [0, 0.1) is 0 Å². The molecule has 24 heavy (non-hydrogen) atoms. The van der Waals surface area contributed by atoms with E-state index in [4.69, 9.17) is 9.47 Å². The number of aliphatic carboxylic acids is 1. The van der Waals surface area contributed by atoms with Gasteiger partial charge in [0.2, 0.25) is 5.91 Å². The van der Waals surface area contributed by atoms with E-state index in [9.17, 15) is 14.7 Å². The van der Waals surface area contributed by atoms with Gasteiger partial charge in [-0.05, 0) is 54.9 Å². The molecule has 1 aliphatic rings. The van der Waals surface area contributed by atoms with Gasteiger partial charge in [-0.3, -0.25) is 4.79 Å². The van der Waals surface area contributed by atoms with Gasteiger partial charge in [0, 0.05) is 6.54 Å². The van der Waals surface area contributed by atoms with Crippen LogP contribution in [0.3, 0.4) is 0 Å². The predicted molar refractivity (Wildman–Crippen MR) is 90.9 cm³/mol. The van der Waals surface area contributed by atoms with Crippen molar-refractivity contribution >= 4 is 11.9 Å². The van der Waals surface area contributed by atoms with Crippen molar-refractivity contribution in [1.29, 1.82) is 0 Å². The number of ether oxygens (including phenoxy) is 2. The summed E-state index contributed by atoms with van der Waals surface area (Å²) in [4.78, 5) is 23.9. The molecule has 140 valence electrons. The molecule has 3 N–H and O–H groups in total. The van der Waals surface area contributed by atoms with Gasteiger partial charge >= 0.3 is 5.97 Å². The minimum absolute atomic E-state index is 0.0627. The molecule has 1 amide bonds. The first-order chi connectivity index (χ1) is 10.8. The quantitative estimate of drug-likeness (QED) is 0.672. The van der Waals surface area contributed by atoms with E-state index in [0.29, 0.717) is 13.0 Å². The maximum Gasteiger partial charge on any atom is 0.328 e. The van der Waals surface area contributed by atoms with Crippen LogP contribution in [0.1, 0.15) is 54.9 Å². The lowest BCUT2D eigenvalue weighted by molar-refractivity contribution is -0.150. The highest BCUT2D eigenvalue weighted by molar-refractivity contribution is 5.87. The van der Waals surface area contributed by atoms with Gasteiger partial charge < -0.3 is 25.2 Å². The molecule has 7 heteroatoms. The van der Waals surface area contributed by atoms with Crippen LogP contribution in [0.25, 0.3) is 0 Å². The van der Waals surface area contributed by atoms with Gasteiger partial charge in [0.1, 0.15) is 0 Å². The fraction of sp³-hybridized carbons (Fsp3) is 0.882. The zero-order valence-electron chi connectivity index (χ0n) is 15.8. The van der Waals surface area contributed by atoms with E-state index in [2.05, 4.69) is 10.6 Å². The summed E-state index contributed by atoms with van der Waals surface area (Å²) in [6, 6.07) is -1.55. The van der Waals surface area contributed by atoms with Crippen molar-refractivity contribution in [3.05, 3.63) is 0 Å². The van der Waals surface area contributed by atoms with Crippen molar-refractivity contribution in [2.75, 3.05) is 6.54 Å². The Morgan fingerprint density at radius 3 is 2.21 bits per heavy atom. The Balaban J connectivity index is 2.62. The summed E-state index contributed by atoms with van der Waals surface area (Å²) in [6.45, 7) is 13.6. The molecule has 0 aromatic carbocycles. The number of nitrogens with one attached hydrogen (secondary N) is 2. The third-order valence-corrected chi connectivity index (χ3v) is 3.50. The molecule has 1 aliphatic heterocycles. The molecule has 0 saturated carbocycles. The van der Waals surface area contributed by atoms with E-state index in [0.717, 1.165) is 0 Å². The van der Waals surface area contributed by atoms with Crippen LogP contribution in [-0.2, 0) is 19.1 Å². The van der Waals surface area contributed by atoms with E-state index in [-0.39, 0.29) is 17.6 Å². The molecule has 7 nitrogen and oxygen atoms in total. The second-order valence-electron chi connectivity index (χ2n) is 8.31. The first kappa shape index (κ1) is 20.9. The maximum atomic E-state index is 12.4. The molecule has 1 rings (SSSR count). The number of carbonyl (C=O) groups excluding carboxylic acids is 1. The van der Waals surface area contributed by atoms with Gasteiger partial charge in [-0.2, -0.15) is 0 Å². The topological polar surface area (TPSA) is 96.9 Å².